The standard InChI is InChI=1S/C18H21NO5/c1-23-13-5-10(6-14(8-13)24-2)9-19-17(20)15-11-3-4-12(7-11)16(15)18(21)22/h3-6,8,11-12,15-16H,7,9H2,1-2H3,(H,19,20)(H,21,22). The zero-order chi connectivity index (χ0) is 17.3. The number of hydrogen-bond donors (Lipinski definition) is 2. The van der Waals surface area contributed by atoms with Crippen molar-refractivity contribution in [3.05, 3.63) is 35.9 Å². The Morgan fingerprint density at radius 2 is 1.67 bits per heavy atom. The third kappa shape index (κ3) is 2.96. The molecule has 128 valence electrons. The van der Waals surface area contributed by atoms with Gasteiger partial charge in [0.1, 0.15) is 11.5 Å². The van der Waals surface area contributed by atoms with Gasteiger partial charge < -0.3 is 19.9 Å². The Morgan fingerprint density at radius 1 is 1.08 bits per heavy atom. The number of benzene rings is 1. The second-order valence-corrected chi connectivity index (χ2v) is 6.28. The number of carbonyl (C=O) groups is 2. The number of aliphatic carboxylic acids is 1. The largest absolute Gasteiger partial charge is 0.497 e. The minimum atomic E-state index is -0.893. The molecular formula is C18H21NO5. The molecular weight excluding hydrogens is 310 g/mol. The lowest BCUT2D eigenvalue weighted by atomic mass is 9.82. The highest BCUT2D eigenvalue weighted by molar-refractivity contribution is 5.86. The molecule has 2 N–H and O–H groups in total. The third-order valence-electron chi connectivity index (χ3n) is 4.93. The molecule has 24 heavy (non-hydrogen) atoms. The first-order valence-electron chi connectivity index (χ1n) is 7.94. The van der Waals surface area contributed by atoms with Crippen LogP contribution in [0.2, 0.25) is 0 Å². The molecule has 6 heteroatoms. The van der Waals surface area contributed by atoms with Gasteiger partial charge in [0, 0.05) is 12.6 Å². The molecule has 0 aromatic heterocycles. The minimum absolute atomic E-state index is 0.0240. The van der Waals surface area contributed by atoms with Gasteiger partial charge in [-0.1, -0.05) is 12.2 Å². The van der Waals surface area contributed by atoms with Crippen LogP contribution in [0.1, 0.15) is 12.0 Å². The van der Waals surface area contributed by atoms with Crippen LogP contribution in [0.5, 0.6) is 11.5 Å². The topological polar surface area (TPSA) is 84.9 Å². The summed E-state index contributed by atoms with van der Waals surface area (Å²) in [5.74, 6) is -0.938. The molecule has 0 aliphatic heterocycles. The predicted molar refractivity (Wildman–Crippen MR) is 86.7 cm³/mol. The normalized spacial score (nSPS) is 27.1. The van der Waals surface area contributed by atoms with Gasteiger partial charge >= 0.3 is 5.97 Å². The van der Waals surface area contributed by atoms with E-state index in [1.807, 2.05) is 24.3 Å². The van der Waals surface area contributed by atoms with Gasteiger partial charge in [0.15, 0.2) is 0 Å². The second kappa shape index (κ2) is 6.55. The van der Waals surface area contributed by atoms with Gasteiger partial charge in [0.25, 0.3) is 0 Å². The molecule has 0 heterocycles. The monoisotopic (exact) mass is 331 g/mol. The van der Waals surface area contributed by atoms with Crippen molar-refractivity contribution >= 4 is 11.9 Å². The van der Waals surface area contributed by atoms with Crippen molar-refractivity contribution < 1.29 is 24.2 Å². The van der Waals surface area contributed by atoms with E-state index in [0.29, 0.717) is 18.0 Å². The zero-order valence-electron chi connectivity index (χ0n) is 13.7. The molecule has 6 nitrogen and oxygen atoms in total. The summed E-state index contributed by atoms with van der Waals surface area (Å²) in [6.07, 6.45) is 4.66. The fraction of sp³-hybridized carbons (Fsp3) is 0.444. The minimum Gasteiger partial charge on any atom is -0.497 e. The summed E-state index contributed by atoms with van der Waals surface area (Å²) in [6, 6.07) is 5.39. The van der Waals surface area contributed by atoms with E-state index in [1.165, 1.54) is 0 Å². The molecule has 1 aromatic rings. The van der Waals surface area contributed by atoms with Crippen molar-refractivity contribution in [3.8, 4) is 11.5 Å². The summed E-state index contributed by atoms with van der Waals surface area (Å²) >= 11 is 0. The first kappa shape index (κ1) is 16.4. The number of nitrogens with one attached hydrogen (secondary N) is 1. The summed E-state index contributed by atoms with van der Waals surface area (Å²) in [5, 5.41) is 12.3. The Morgan fingerprint density at radius 3 is 2.21 bits per heavy atom. The fourth-order valence-corrected chi connectivity index (χ4v) is 3.79. The highest BCUT2D eigenvalue weighted by atomic mass is 16.5. The number of ether oxygens (including phenoxy) is 2. The van der Waals surface area contributed by atoms with Crippen molar-refractivity contribution in [2.45, 2.75) is 13.0 Å². The summed E-state index contributed by atoms with van der Waals surface area (Å²) < 4.78 is 10.4. The van der Waals surface area contributed by atoms with Crippen molar-refractivity contribution in [3.63, 3.8) is 0 Å². The number of allylic oxidation sites excluding steroid dienone is 2. The van der Waals surface area contributed by atoms with Gasteiger partial charge in [-0.15, -0.1) is 0 Å². The Kier molecular flexibility index (Phi) is 4.46. The van der Waals surface area contributed by atoms with E-state index in [2.05, 4.69) is 5.32 Å². The average molecular weight is 331 g/mol. The molecule has 2 aliphatic rings. The van der Waals surface area contributed by atoms with Crippen LogP contribution < -0.4 is 14.8 Å². The van der Waals surface area contributed by atoms with Crippen LogP contribution in [0, 0.1) is 23.7 Å². The quantitative estimate of drug-likeness (QED) is 0.777. The first-order chi connectivity index (χ1) is 11.5. The molecule has 2 bridgehead atoms. The average Bonchev–Trinajstić information content (AvgIpc) is 3.20. The molecule has 0 spiro atoms. The van der Waals surface area contributed by atoms with Crippen molar-refractivity contribution in [1.82, 2.24) is 5.32 Å². The van der Waals surface area contributed by atoms with Crippen LogP contribution in [0.4, 0.5) is 0 Å². The lowest BCUT2D eigenvalue weighted by molar-refractivity contribution is -0.147. The number of amides is 1. The maximum atomic E-state index is 12.6. The van der Waals surface area contributed by atoms with E-state index >= 15 is 0 Å². The number of carbonyl (C=O) groups excluding carboxylic acids is 1. The van der Waals surface area contributed by atoms with E-state index < -0.39 is 17.8 Å². The highest BCUT2D eigenvalue weighted by Crippen LogP contribution is 2.48. The van der Waals surface area contributed by atoms with Gasteiger partial charge in [-0.2, -0.15) is 0 Å². The number of hydrogen-bond acceptors (Lipinski definition) is 4. The molecule has 2 aliphatic carbocycles. The first-order valence-corrected chi connectivity index (χ1v) is 7.94. The van der Waals surface area contributed by atoms with Crippen LogP contribution in [0.3, 0.4) is 0 Å². The maximum absolute atomic E-state index is 12.6. The highest BCUT2D eigenvalue weighted by Gasteiger charge is 2.51. The van der Waals surface area contributed by atoms with Crippen LogP contribution in [-0.4, -0.2) is 31.2 Å². The number of methoxy groups -OCH3 is 2. The lowest BCUT2D eigenvalue weighted by Crippen LogP contribution is -2.39. The number of rotatable bonds is 6. The molecule has 1 amide bonds. The van der Waals surface area contributed by atoms with Gasteiger partial charge in [-0.05, 0) is 36.0 Å². The SMILES string of the molecule is COc1cc(CNC(=O)C2C3C=CC(C3)C2C(=O)O)cc(OC)c1. The van der Waals surface area contributed by atoms with Crippen molar-refractivity contribution in [2.24, 2.45) is 23.7 Å². The van der Waals surface area contributed by atoms with Gasteiger partial charge in [0.2, 0.25) is 5.91 Å². The fourth-order valence-electron chi connectivity index (χ4n) is 3.79. The van der Waals surface area contributed by atoms with Crippen LogP contribution in [-0.2, 0) is 16.1 Å². The summed E-state index contributed by atoms with van der Waals surface area (Å²) in [4.78, 5) is 24.1. The molecule has 4 unspecified atom stereocenters. The Hall–Kier alpha value is -2.50. The predicted octanol–water partition coefficient (Wildman–Crippen LogP) is 1.84. The maximum Gasteiger partial charge on any atom is 0.307 e. The summed E-state index contributed by atoms with van der Waals surface area (Å²) in [7, 11) is 3.13. The third-order valence-corrected chi connectivity index (χ3v) is 4.93. The van der Waals surface area contributed by atoms with Crippen LogP contribution >= 0.6 is 0 Å². The molecule has 1 fully saturated rings. The lowest BCUT2D eigenvalue weighted by Gasteiger charge is -2.24. The summed E-state index contributed by atoms with van der Waals surface area (Å²) in [6.45, 7) is 0.302. The number of carboxylic acids is 1. The molecule has 0 saturated heterocycles. The van der Waals surface area contributed by atoms with Gasteiger partial charge in [0.05, 0.1) is 26.1 Å². The van der Waals surface area contributed by atoms with Crippen LogP contribution in [0.15, 0.2) is 30.4 Å². The molecule has 4 atom stereocenters. The van der Waals surface area contributed by atoms with Gasteiger partial charge in [-0.25, -0.2) is 0 Å². The Labute approximate surface area is 140 Å². The molecule has 3 rings (SSSR count). The Bertz CT molecular complexity index is 662. The van der Waals surface area contributed by atoms with E-state index in [4.69, 9.17) is 9.47 Å². The number of fused-ring (bicyclic) bond motifs is 2. The summed E-state index contributed by atoms with van der Waals surface area (Å²) in [5.41, 5.74) is 0.838. The van der Waals surface area contributed by atoms with E-state index in [0.717, 1.165) is 12.0 Å². The van der Waals surface area contributed by atoms with Crippen molar-refractivity contribution in [1.29, 1.82) is 0 Å². The number of carboxylic acid groups (broad SMARTS) is 1. The van der Waals surface area contributed by atoms with E-state index in [1.54, 1.807) is 20.3 Å². The van der Waals surface area contributed by atoms with E-state index in [-0.39, 0.29) is 17.7 Å². The van der Waals surface area contributed by atoms with Crippen molar-refractivity contribution in [2.75, 3.05) is 14.2 Å². The Balaban J connectivity index is 1.70. The molecule has 1 saturated carbocycles. The zero-order valence-corrected chi connectivity index (χ0v) is 13.7. The smallest absolute Gasteiger partial charge is 0.307 e. The van der Waals surface area contributed by atoms with E-state index in [9.17, 15) is 14.7 Å². The molecule has 0 radical (unpaired) electrons. The second-order valence-electron chi connectivity index (χ2n) is 6.28. The van der Waals surface area contributed by atoms with Crippen LogP contribution in [0.25, 0.3) is 0 Å². The molecule has 1 aromatic carbocycles. The van der Waals surface area contributed by atoms with Gasteiger partial charge in [-0.3, -0.25) is 9.59 Å².